The Morgan fingerprint density at radius 1 is 1.38 bits per heavy atom. The SMILES string of the molecule is Cc1c(Br)cccc1C(C)CC(O)C(C)N. The van der Waals surface area contributed by atoms with Crippen LogP contribution < -0.4 is 5.73 Å². The average Bonchev–Trinajstić information content (AvgIpc) is 2.21. The molecule has 1 aromatic carbocycles. The molecule has 3 heteroatoms. The second-order valence-corrected chi connectivity index (χ2v) is 5.37. The number of halogens is 1. The minimum absolute atomic E-state index is 0.171. The minimum Gasteiger partial charge on any atom is -0.392 e. The van der Waals surface area contributed by atoms with Crippen molar-refractivity contribution < 1.29 is 5.11 Å². The molecule has 16 heavy (non-hydrogen) atoms. The first kappa shape index (κ1) is 13.7. The Bertz CT molecular complexity index is 352. The summed E-state index contributed by atoms with van der Waals surface area (Å²) in [5.74, 6) is 0.318. The summed E-state index contributed by atoms with van der Waals surface area (Å²) in [6, 6.07) is 6.00. The molecule has 3 unspecified atom stereocenters. The second-order valence-electron chi connectivity index (χ2n) is 4.52. The zero-order valence-corrected chi connectivity index (χ0v) is 11.7. The molecule has 3 atom stereocenters. The topological polar surface area (TPSA) is 46.2 Å². The fourth-order valence-corrected chi connectivity index (χ4v) is 2.24. The second kappa shape index (κ2) is 5.80. The largest absolute Gasteiger partial charge is 0.392 e. The number of nitrogens with two attached hydrogens (primary N) is 1. The van der Waals surface area contributed by atoms with Crippen LogP contribution in [0.4, 0.5) is 0 Å². The lowest BCUT2D eigenvalue weighted by Gasteiger charge is -2.21. The summed E-state index contributed by atoms with van der Waals surface area (Å²) in [6.45, 7) is 6.06. The molecule has 0 bridgehead atoms. The van der Waals surface area contributed by atoms with E-state index in [1.165, 1.54) is 11.1 Å². The molecule has 2 nitrogen and oxygen atoms in total. The van der Waals surface area contributed by atoms with Crippen molar-refractivity contribution in [2.24, 2.45) is 5.73 Å². The summed E-state index contributed by atoms with van der Waals surface area (Å²) in [6.07, 6.45) is 0.267. The lowest BCUT2D eigenvalue weighted by atomic mass is 9.90. The molecule has 0 saturated carbocycles. The highest BCUT2D eigenvalue weighted by Gasteiger charge is 2.17. The van der Waals surface area contributed by atoms with Crippen LogP contribution >= 0.6 is 15.9 Å². The van der Waals surface area contributed by atoms with Gasteiger partial charge >= 0.3 is 0 Å². The highest BCUT2D eigenvalue weighted by molar-refractivity contribution is 9.10. The molecule has 0 aromatic heterocycles. The number of aliphatic hydroxyl groups is 1. The number of rotatable bonds is 4. The fraction of sp³-hybridized carbons (Fsp3) is 0.538. The van der Waals surface area contributed by atoms with E-state index in [0.717, 1.165) is 4.47 Å². The normalized spacial score (nSPS) is 16.9. The molecule has 0 spiro atoms. The molecule has 0 aliphatic carbocycles. The van der Waals surface area contributed by atoms with E-state index in [1.54, 1.807) is 0 Å². The number of benzene rings is 1. The van der Waals surface area contributed by atoms with Crippen LogP contribution in [0.5, 0.6) is 0 Å². The van der Waals surface area contributed by atoms with E-state index < -0.39 is 6.10 Å². The van der Waals surface area contributed by atoms with Crippen LogP contribution in [0.25, 0.3) is 0 Å². The average molecular weight is 286 g/mol. The zero-order valence-electron chi connectivity index (χ0n) is 10.1. The molecule has 90 valence electrons. The van der Waals surface area contributed by atoms with Crippen molar-refractivity contribution in [3.63, 3.8) is 0 Å². The van der Waals surface area contributed by atoms with Crippen LogP contribution in [-0.4, -0.2) is 17.3 Å². The van der Waals surface area contributed by atoms with E-state index in [-0.39, 0.29) is 6.04 Å². The molecule has 0 heterocycles. The van der Waals surface area contributed by atoms with Crippen molar-refractivity contribution in [1.29, 1.82) is 0 Å². The van der Waals surface area contributed by atoms with Crippen LogP contribution in [0.3, 0.4) is 0 Å². The third-order valence-electron chi connectivity index (χ3n) is 3.04. The summed E-state index contributed by atoms with van der Waals surface area (Å²) >= 11 is 3.52. The number of hydrogen-bond acceptors (Lipinski definition) is 2. The highest BCUT2D eigenvalue weighted by atomic mass is 79.9. The molecule has 0 aliphatic rings. The Morgan fingerprint density at radius 2 is 2.00 bits per heavy atom. The van der Waals surface area contributed by atoms with Crippen LogP contribution in [-0.2, 0) is 0 Å². The van der Waals surface area contributed by atoms with Gasteiger partial charge in [0.05, 0.1) is 6.10 Å². The van der Waals surface area contributed by atoms with Crippen LogP contribution in [0.2, 0.25) is 0 Å². The summed E-state index contributed by atoms with van der Waals surface area (Å²) in [5.41, 5.74) is 8.19. The standard InChI is InChI=1S/C13H20BrNO/c1-8(7-13(16)10(3)15)11-5-4-6-12(14)9(11)2/h4-6,8,10,13,16H,7,15H2,1-3H3. The van der Waals surface area contributed by atoms with Gasteiger partial charge in [-0.3, -0.25) is 0 Å². The van der Waals surface area contributed by atoms with Crippen molar-refractivity contribution in [1.82, 2.24) is 0 Å². The van der Waals surface area contributed by atoms with Gasteiger partial charge in [0.15, 0.2) is 0 Å². The van der Waals surface area contributed by atoms with Gasteiger partial charge in [0.25, 0.3) is 0 Å². The summed E-state index contributed by atoms with van der Waals surface area (Å²) < 4.78 is 1.12. The Balaban J connectivity index is 2.80. The predicted octanol–water partition coefficient (Wildman–Crippen LogP) is 2.96. The van der Waals surface area contributed by atoms with Crippen molar-refractivity contribution in [3.8, 4) is 0 Å². The van der Waals surface area contributed by atoms with Crippen molar-refractivity contribution in [2.45, 2.75) is 45.3 Å². The molecule has 0 amide bonds. The van der Waals surface area contributed by atoms with E-state index in [4.69, 9.17) is 5.73 Å². The van der Waals surface area contributed by atoms with Gasteiger partial charge in [0.2, 0.25) is 0 Å². The molecule has 1 rings (SSSR count). The first-order chi connectivity index (χ1) is 7.43. The molecule has 1 aromatic rings. The summed E-state index contributed by atoms with van der Waals surface area (Å²) in [7, 11) is 0. The van der Waals surface area contributed by atoms with E-state index in [0.29, 0.717) is 12.3 Å². The van der Waals surface area contributed by atoms with Crippen molar-refractivity contribution in [2.75, 3.05) is 0 Å². The molecular formula is C13H20BrNO. The lowest BCUT2D eigenvalue weighted by molar-refractivity contribution is 0.134. The maximum atomic E-state index is 9.78. The molecule has 0 radical (unpaired) electrons. The smallest absolute Gasteiger partial charge is 0.0694 e. The number of aliphatic hydroxyl groups excluding tert-OH is 1. The van der Waals surface area contributed by atoms with Gasteiger partial charge in [-0.2, -0.15) is 0 Å². The van der Waals surface area contributed by atoms with Gasteiger partial charge in [0.1, 0.15) is 0 Å². The van der Waals surface area contributed by atoms with E-state index in [1.807, 2.05) is 19.1 Å². The molecule has 0 fully saturated rings. The third kappa shape index (κ3) is 3.30. The maximum absolute atomic E-state index is 9.78. The first-order valence-corrected chi connectivity index (χ1v) is 6.41. The van der Waals surface area contributed by atoms with Crippen molar-refractivity contribution in [3.05, 3.63) is 33.8 Å². The molecule has 0 saturated heterocycles. The Labute approximate surface area is 106 Å². The van der Waals surface area contributed by atoms with Gasteiger partial charge in [0, 0.05) is 10.5 Å². The monoisotopic (exact) mass is 285 g/mol. The Morgan fingerprint density at radius 3 is 2.56 bits per heavy atom. The van der Waals surface area contributed by atoms with E-state index in [9.17, 15) is 5.11 Å². The van der Waals surface area contributed by atoms with Gasteiger partial charge in [-0.25, -0.2) is 0 Å². The fourth-order valence-electron chi connectivity index (χ4n) is 1.86. The molecule has 0 aliphatic heterocycles. The Hall–Kier alpha value is -0.380. The number of hydrogen-bond donors (Lipinski definition) is 2. The van der Waals surface area contributed by atoms with Crippen LogP contribution in [0, 0.1) is 6.92 Å². The molecule has 3 N–H and O–H groups in total. The minimum atomic E-state index is -0.437. The predicted molar refractivity (Wildman–Crippen MR) is 71.6 cm³/mol. The van der Waals surface area contributed by atoms with Crippen LogP contribution in [0.15, 0.2) is 22.7 Å². The highest BCUT2D eigenvalue weighted by Crippen LogP contribution is 2.28. The zero-order chi connectivity index (χ0) is 12.3. The van der Waals surface area contributed by atoms with E-state index in [2.05, 4.69) is 35.8 Å². The van der Waals surface area contributed by atoms with Crippen LogP contribution in [0.1, 0.15) is 37.3 Å². The van der Waals surface area contributed by atoms with Gasteiger partial charge in [-0.05, 0) is 43.4 Å². The van der Waals surface area contributed by atoms with Gasteiger partial charge < -0.3 is 10.8 Å². The van der Waals surface area contributed by atoms with Gasteiger partial charge in [-0.1, -0.05) is 35.0 Å². The summed E-state index contributed by atoms with van der Waals surface area (Å²) in [4.78, 5) is 0. The van der Waals surface area contributed by atoms with E-state index >= 15 is 0 Å². The third-order valence-corrected chi connectivity index (χ3v) is 3.90. The first-order valence-electron chi connectivity index (χ1n) is 5.62. The summed E-state index contributed by atoms with van der Waals surface area (Å²) in [5, 5.41) is 9.78. The Kier molecular flexibility index (Phi) is 4.96. The van der Waals surface area contributed by atoms with Crippen molar-refractivity contribution >= 4 is 15.9 Å². The lowest BCUT2D eigenvalue weighted by Crippen LogP contribution is -2.32. The maximum Gasteiger partial charge on any atom is 0.0694 e. The quantitative estimate of drug-likeness (QED) is 0.894. The molecular weight excluding hydrogens is 266 g/mol. The van der Waals surface area contributed by atoms with Gasteiger partial charge in [-0.15, -0.1) is 0 Å².